The number of thioether (sulfide) groups is 1. The van der Waals surface area contributed by atoms with Gasteiger partial charge in [0.2, 0.25) is 12.2 Å². The van der Waals surface area contributed by atoms with Gasteiger partial charge in [-0.2, -0.15) is 11.8 Å². The molecular formula is C21H25N5O3S2. The molecule has 0 unspecified atom stereocenters. The summed E-state index contributed by atoms with van der Waals surface area (Å²) in [5.74, 6) is 3.61. The number of anilines is 1. The molecule has 0 aliphatic carbocycles. The summed E-state index contributed by atoms with van der Waals surface area (Å²) in [4.78, 5) is 26.2. The lowest BCUT2D eigenvalue weighted by Crippen LogP contribution is -2.26. The van der Waals surface area contributed by atoms with Crippen molar-refractivity contribution in [2.45, 2.75) is 25.0 Å². The van der Waals surface area contributed by atoms with Crippen molar-refractivity contribution in [3.05, 3.63) is 62.5 Å². The highest BCUT2D eigenvalue weighted by atomic mass is 32.2. The average molecular weight is 460 g/mol. The van der Waals surface area contributed by atoms with Crippen LogP contribution in [0.4, 0.5) is 5.95 Å². The van der Waals surface area contributed by atoms with Crippen LogP contribution in [0.1, 0.15) is 16.3 Å². The summed E-state index contributed by atoms with van der Waals surface area (Å²) in [5, 5.41) is 6.42. The Morgan fingerprint density at radius 3 is 2.74 bits per heavy atom. The summed E-state index contributed by atoms with van der Waals surface area (Å²) < 4.78 is 11.4. The van der Waals surface area contributed by atoms with E-state index in [9.17, 15) is 4.79 Å². The van der Waals surface area contributed by atoms with E-state index in [0.717, 1.165) is 28.8 Å². The van der Waals surface area contributed by atoms with Crippen LogP contribution in [0.3, 0.4) is 0 Å². The molecule has 164 valence electrons. The van der Waals surface area contributed by atoms with Crippen molar-refractivity contribution >= 4 is 29.0 Å². The number of hydrogen-bond donors (Lipinski definition) is 2. The Labute approximate surface area is 189 Å². The van der Waals surface area contributed by atoms with Crippen LogP contribution < -0.4 is 20.3 Å². The number of para-hydroxylation sites is 2. The van der Waals surface area contributed by atoms with Crippen LogP contribution >= 0.6 is 23.1 Å². The minimum atomic E-state index is -0.514. The summed E-state index contributed by atoms with van der Waals surface area (Å²) >= 11 is 3.50. The second kappa shape index (κ2) is 10.2. The van der Waals surface area contributed by atoms with E-state index in [1.807, 2.05) is 38.4 Å². The third kappa shape index (κ3) is 5.99. The lowest BCUT2D eigenvalue weighted by atomic mass is 10.2. The highest BCUT2D eigenvalue weighted by Crippen LogP contribution is 2.34. The molecule has 1 aromatic carbocycles. The number of nitrogens with one attached hydrogen (secondary N) is 2. The molecule has 2 aromatic heterocycles. The summed E-state index contributed by atoms with van der Waals surface area (Å²) in [6.07, 6.45) is 1.39. The topological polar surface area (TPSA) is 92.4 Å². The zero-order valence-electron chi connectivity index (χ0n) is 17.5. The smallest absolute Gasteiger partial charge is 0.255 e. The van der Waals surface area contributed by atoms with Crippen LogP contribution in [0.2, 0.25) is 0 Å². The Balaban J connectivity index is 1.19. The maximum atomic E-state index is 12.4. The number of rotatable bonds is 10. The molecule has 0 spiro atoms. The first-order valence-corrected chi connectivity index (χ1v) is 12.0. The van der Waals surface area contributed by atoms with Crippen molar-refractivity contribution in [1.29, 1.82) is 0 Å². The van der Waals surface area contributed by atoms with Crippen molar-refractivity contribution in [3.8, 4) is 11.5 Å². The van der Waals surface area contributed by atoms with Crippen molar-refractivity contribution < 1.29 is 9.47 Å². The van der Waals surface area contributed by atoms with Gasteiger partial charge in [0.25, 0.3) is 5.56 Å². The lowest BCUT2D eigenvalue weighted by Gasteiger charge is -2.10. The third-order valence-corrected chi connectivity index (χ3v) is 6.34. The van der Waals surface area contributed by atoms with E-state index < -0.39 is 6.29 Å². The maximum absolute atomic E-state index is 12.4. The van der Waals surface area contributed by atoms with Gasteiger partial charge in [0, 0.05) is 41.7 Å². The van der Waals surface area contributed by atoms with Gasteiger partial charge in [-0.1, -0.05) is 12.1 Å². The number of H-pyrrole nitrogens is 1. The maximum Gasteiger partial charge on any atom is 0.255 e. The second-order valence-corrected chi connectivity index (χ2v) is 9.40. The fourth-order valence-electron chi connectivity index (χ4n) is 3.05. The van der Waals surface area contributed by atoms with Gasteiger partial charge in [-0.25, -0.2) is 9.97 Å². The van der Waals surface area contributed by atoms with Crippen molar-refractivity contribution in [3.63, 3.8) is 0 Å². The Hall–Kier alpha value is -2.56. The van der Waals surface area contributed by atoms with Crippen LogP contribution in [0, 0.1) is 0 Å². The average Bonchev–Trinajstić information content (AvgIpc) is 3.35. The van der Waals surface area contributed by atoms with Crippen molar-refractivity contribution in [2.24, 2.45) is 0 Å². The molecule has 1 aliphatic rings. The van der Waals surface area contributed by atoms with E-state index >= 15 is 0 Å². The quantitative estimate of drug-likeness (QED) is 0.447. The van der Waals surface area contributed by atoms with Gasteiger partial charge in [-0.15, -0.1) is 11.3 Å². The highest BCUT2D eigenvalue weighted by molar-refractivity contribution is 7.98. The van der Waals surface area contributed by atoms with Gasteiger partial charge < -0.3 is 19.7 Å². The number of nitrogens with zero attached hydrogens (tertiary/aromatic N) is 3. The molecule has 8 nitrogen and oxygen atoms in total. The number of hydrogen-bond acceptors (Lipinski definition) is 9. The molecule has 0 amide bonds. The Bertz CT molecular complexity index is 1040. The molecular weight excluding hydrogens is 434 g/mol. The molecule has 0 saturated heterocycles. The largest absolute Gasteiger partial charge is 0.451 e. The van der Waals surface area contributed by atoms with Gasteiger partial charge in [0.1, 0.15) is 5.01 Å². The summed E-state index contributed by atoms with van der Waals surface area (Å²) in [5.41, 5.74) is 1.44. The number of thiazole rings is 1. The molecule has 0 radical (unpaired) electrons. The predicted molar refractivity (Wildman–Crippen MR) is 124 cm³/mol. The number of aromatic nitrogens is 3. The minimum Gasteiger partial charge on any atom is -0.451 e. The number of fused-ring (bicyclic) bond motifs is 1. The minimum absolute atomic E-state index is 0.191. The molecule has 1 aliphatic heterocycles. The van der Waals surface area contributed by atoms with E-state index in [0.29, 0.717) is 36.0 Å². The van der Waals surface area contributed by atoms with Crippen LogP contribution in [-0.4, -0.2) is 52.5 Å². The van der Waals surface area contributed by atoms with E-state index in [-0.39, 0.29) is 5.56 Å². The van der Waals surface area contributed by atoms with E-state index in [1.165, 1.54) is 0 Å². The standard InChI is InChI=1S/C21H25N5O3S2/c1-26(2)11-18-24-15(13-31-18)12-30-8-7-22-21-23-10-14(20(27)25-21)9-19-28-16-5-3-4-6-17(16)29-19/h3-6,10,13,19H,7-9,11-12H2,1-2H3,(H2,22,23,25,27). The SMILES string of the molecule is CN(C)Cc1nc(CSCCNc2ncc(CC3Oc4ccccc4O3)c(=O)[nH]2)cs1. The molecule has 4 rings (SSSR count). The molecule has 3 heterocycles. The molecule has 31 heavy (non-hydrogen) atoms. The van der Waals surface area contributed by atoms with Gasteiger partial charge in [0.15, 0.2) is 11.5 Å². The first kappa shape index (κ1) is 21.7. The fraction of sp³-hybridized carbons (Fsp3) is 0.381. The molecule has 0 saturated carbocycles. The monoisotopic (exact) mass is 459 g/mol. The van der Waals surface area contributed by atoms with Crippen molar-refractivity contribution in [2.75, 3.05) is 31.7 Å². The Morgan fingerprint density at radius 2 is 2.03 bits per heavy atom. The van der Waals surface area contributed by atoms with Gasteiger partial charge in [-0.05, 0) is 26.2 Å². The van der Waals surface area contributed by atoms with E-state index in [2.05, 4.69) is 30.5 Å². The molecule has 0 atom stereocenters. The zero-order chi connectivity index (χ0) is 21.6. The van der Waals surface area contributed by atoms with Crippen LogP contribution in [0.15, 0.2) is 40.6 Å². The van der Waals surface area contributed by atoms with Gasteiger partial charge in [-0.3, -0.25) is 9.78 Å². The number of ether oxygens (including phenoxy) is 2. The van der Waals surface area contributed by atoms with Crippen LogP contribution in [0.25, 0.3) is 0 Å². The van der Waals surface area contributed by atoms with Crippen molar-refractivity contribution in [1.82, 2.24) is 19.9 Å². The zero-order valence-corrected chi connectivity index (χ0v) is 19.1. The molecule has 0 bridgehead atoms. The van der Waals surface area contributed by atoms with Crippen LogP contribution in [-0.2, 0) is 18.7 Å². The van der Waals surface area contributed by atoms with E-state index in [1.54, 1.807) is 29.3 Å². The summed E-state index contributed by atoms with van der Waals surface area (Å²) in [7, 11) is 4.09. The predicted octanol–water partition coefficient (Wildman–Crippen LogP) is 2.97. The summed E-state index contributed by atoms with van der Waals surface area (Å²) in [6.45, 7) is 1.57. The third-order valence-electron chi connectivity index (χ3n) is 4.47. The molecule has 0 fully saturated rings. The van der Waals surface area contributed by atoms with Gasteiger partial charge >= 0.3 is 0 Å². The Morgan fingerprint density at radius 1 is 1.26 bits per heavy atom. The van der Waals surface area contributed by atoms with E-state index in [4.69, 9.17) is 9.47 Å². The molecule has 3 aromatic rings. The molecule has 10 heteroatoms. The molecule has 2 N–H and O–H groups in total. The first-order chi connectivity index (χ1) is 15.1. The lowest BCUT2D eigenvalue weighted by molar-refractivity contribution is 0.0499. The first-order valence-electron chi connectivity index (χ1n) is 9.97. The highest BCUT2D eigenvalue weighted by Gasteiger charge is 2.24. The fourth-order valence-corrected chi connectivity index (χ4v) is 4.81. The van der Waals surface area contributed by atoms with Gasteiger partial charge in [0.05, 0.1) is 12.1 Å². The number of aromatic amines is 1. The van der Waals surface area contributed by atoms with Crippen LogP contribution in [0.5, 0.6) is 11.5 Å². The Kier molecular flexibility index (Phi) is 7.10. The number of benzene rings is 1. The summed E-state index contributed by atoms with van der Waals surface area (Å²) in [6, 6.07) is 7.47. The normalized spacial score (nSPS) is 13.1. The second-order valence-electron chi connectivity index (χ2n) is 7.35.